The lowest BCUT2D eigenvalue weighted by atomic mass is 10.1. The summed E-state index contributed by atoms with van der Waals surface area (Å²) in [6.07, 6.45) is 3.27. The third-order valence-corrected chi connectivity index (χ3v) is 2.93. The number of hydrogen-bond donors (Lipinski definition) is 0. The van der Waals surface area contributed by atoms with Gasteiger partial charge in [-0.25, -0.2) is 0 Å². The van der Waals surface area contributed by atoms with Gasteiger partial charge in [0.15, 0.2) is 0 Å². The number of ether oxygens (including phenoxy) is 1. The molecule has 2 nitrogen and oxygen atoms in total. The predicted molar refractivity (Wildman–Crippen MR) is 63.2 cm³/mol. The molecule has 0 aliphatic heterocycles. The molecule has 0 unspecified atom stereocenters. The molecule has 0 spiro atoms. The van der Waals surface area contributed by atoms with Gasteiger partial charge in [-0.2, -0.15) is 0 Å². The molecule has 0 atom stereocenters. The third kappa shape index (κ3) is 3.96. The fraction of sp³-hybridized carbons (Fsp3) is 0.417. The minimum atomic E-state index is -0.117. The lowest BCUT2D eigenvalue weighted by Gasteiger charge is -2.06. The van der Waals surface area contributed by atoms with Crippen molar-refractivity contribution in [2.45, 2.75) is 24.7 Å². The standard InChI is InChI=1S/C12H16O2S/c1-3-14-12(13)9-8-10-6-4-5-7-11(10)15-2/h4-7H,3,8-9H2,1-2H3. The Kier molecular flexibility index (Phi) is 5.26. The maximum atomic E-state index is 11.2. The van der Waals surface area contributed by atoms with Crippen molar-refractivity contribution in [3.63, 3.8) is 0 Å². The van der Waals surface area contributed by atoms with Gasteiger partial charge in [0, 0.05) is 11.3 Å². The SMILES string of the molecule is CCOC(=O)CCc1ccccc1SC. The van der Waals surface area contributed by atoms with E-state index in [0.717, 1.165) is 6.42 Å². The van der Waals surface area contributed by atoms with Gasteiger partial charge in [-0.1, -0.05) is 18.2 Å². The highest BCUT2D eigenvalue weighted by Gasteiger charge is 2.05. The minimum absolute atomic E-state index is 0.117. The van der Waals surface area contributed by atoms with Crippen LogP contribution in [0.5, 0.6) is 0 Å². The van der Waals surface area contributed by atoms with Crippen molar-refractivity contribution < 1.29 is 9.53 Å². The second-order valence-electron chi connectivity index (χ2n) is 3.12. The number of benzene rings is 1. The zero-order valence-corrected chi connectivity index (χ0v) is 9.97. The van der Waals surface area contributed by atoms with Crippen molar-refractivity contribution in [1.82, 2.24) is 0 Å². The third-order valence-electron chi connectivity index (χ3n) is 2.10. The number of esters is 1. The maximum Gasteiger partial charge on any atom is 0.306 e. The monoisotopic (exact) mass is 224 g/mol. The molecular formula is C12H16O2S. The second kappa shape index (κ2) is 6.51. The van der Waals surface area contributed by atoms with Crippen LogP contribution in [0.3, 0.4) is 0 Å². The van der Waals surface area contributed by atoms with Gasteiger partial charge in [-0.3, -0.25) is 4.79 Å². The molecule has 1 aromatic rings. The van der Waals surface area contributed by atoms with E-state index < -0.39 is 0 Å². The summed E-state index contributed by atoms with van der Waals surface area (Å²) in [7, 11) is 0. The van der Waals surface area contributed by atoms with Crippen LogP contribution in [0.1, 0.15) is 18.9 Å². The van der Waals surface area contributed by atoms with E-state index >= 15 is 0 Å². The molecule has 0 aromatic heterocycles. The molecule has 0 aliphatic rings. The molecular weight excluding hydrogens is 208 g/mol. The van der Waals surface area contributed by atoms with Crippen LogP contribution in [0, 0.1) is 0 Å². The molecule has 0 N–H and O–H groups in total. The molecule has 0 radical (unpaired) electrons. The largest absolute Gasteiger partial charge is 0.466 e. The average Bonchev–Trinajstić information content (AvgIpc) is 2.27. The molecule has 0 amide bonds. The summed E-state index contributed by atoms with van der Waals surface area (Å²) in [5.41, 5.74) is 1.22. The van der Waals surface area contributed by atoms with Crippen molar-refractivity contribution in [2.75, 3.05) is 12.9 Å². The van der Waals surface area contributed by atoms with Crippen LogP contribution in [0.2, 0.25) is 0 Å². The van der Waals surface area contributed by atoms with Crippen LogP contribution in [-0.2, 0) is 16.0 Å². The van der Waals surface area contributed by atoms with Crippen LogP contribution in [0.4, 0.5) is 0 Å². The Labute approximate surface area is 95.0 Å². The van der Waals surface area contributed by atoms with Gasteiger partial charge in [-0.15, -0.1) is 11.8 Å². The van der Waals surface area contributed by atoms with Crippen molar-refractivity contribution in [3.05, 3.63) is 29.8 Å². The zero-order valence-electron chi connectivity index (χ0n) is 9.16. The molecule has 82 valence electrons. The molecule has 1 rings (SSSR count). The van der Waals surface area contributed by atoms with Crippen molar-refractivity contribution in [2.24, 2.45) is 0 Å². The van der Waals surface area contributed by atoms with Gasteiger partial charge in [0.2, 0.25) is 0 Å². The summed E-state index contributed by atoms with van der Waals surface area (Å²) in [6.45, 7) is 2.29. The summed E-state index contributed by atoms with van der Waals surface area (Å²) >= 11 is 1.71. The quantitative estimate of drug-likeness (QED) is 0.568. The Morgan fingerprint density at radius 1 is 1.40 bits per heavy atom. The van der Waals surface area contributed by atoms with Gasteiger partial charge in [0.1, 0.15) is 0 Å². The minimum Gasteiger partial charge on any atom is -0.466 e. The second-order valence-corrected chi connectivity index (χ2v) is 3.96. The predicted octanol–water partition coefficient (Wildman–Crippen LogP) is 2.90. The molecule has 0 saturated carbocycles. The maximum absolute atomic E-state index is 11.2. The van der Waals surface area contributed by atoms with Crippen LogP contribution >= 0.6 is 11.8 Å². The molecule has 0 saturated heterocycles. The first-order valence-corrected chi connectivity index (χ1v) is 6.28. The molecule has 0 fully saturated rings. The van der Waals surface area contributed by atoms with Crippen molar-refractivity contribution >= 4 is 17.7 Å². The first-order valence-electron chi connectivity index (χ1n) is 5.05. The van der Waals surface area contributed by atoms with E-state index in [2.05, 4.69) is 12.1 Å². The average molecular weight is 224 g/mol. The molecule has 0 bridgehead atoms. The van der Waals surface area contributed by atoms with Crippen molar-refractivity contribution in [1.29, 1.82) is 0 Å². The Bertz CT molecular complexity index is 323. The van der Waals surface area contributed by atoms with E-state index in [4.69, 9.17) is 4.74 Å². The summed E-state index contributed by atoms with van der Waals surface area (Å²) in [4.78, 5) is 12.4. The molecule has 0 heterocycles. The lowest BCUT2D eigenvalue weighted by molar-refractivity contribution is -0.143. The van der Waals surface area contributed by atoms with Gasteiger partial charge in [0.05, 0.1) is 6.61 Å². The Morgan fingerprint density at radius 3 is 2.80 bits per heavy atom. The van der Waals surface area contributed by atoms with Crippen molar-refractivity contribution in [3.8, 4) is 0 Å². The number of rotatable bonds is 5. The molecule has 0 aliphatic carbocycles. The topological polar surface area (TPSA) is 26.3 Å². The van der Waals surface area contributed by atoms with Crippen LogP contribution in [-0.4, -0.2) is 18.8 Å². The Morgan fingerprint density at radius 2 is 2.13 bits per heavy atom. The summed E-state index contributed by atoms with van der Waals surface area (Å²) < 4.78 is 4.89. The highest BCUT2D eigenvalue weighted by atomic mass is 32.2. The molecule has 1 aromatic carbocycles. The van der Waals surface area contributed by atoms with Gasteiger partial charge < -0.3 is 4.74 Å². The van der Waals surface area contributed by atoms with Crippen LogP contribution in [0.15, 0.2) is 29.2 Å². The molecule has 15 heavy (non-hydrogen) atoms. The van der Waals surface area contributed by atoms with Crippen LogP contribution in [0.25, 0.3) is 0 Å². The zero-order chi connectivity index (χ0) is 11.1. The normalized spacial score (nSPS) is 10.0. The fourth-order valence-corrected chi connectivity index (χ4v) is 2.03. The summed E-state index contributed by atoms with van der Waals surface area (Å²) in [5, 5.41) is 0. The first-order chi connectivity index (χ1) is 7.27. The highest BCUT2D eigenvalue weighted by Crippen LogP contribution is 2.20. The van der Waals surface area contributed by atoms with Crippen LogP contribution < -0.4 is 0 Å². The summed E-state index contributed by atoms with van der Waals surface area (Å²) in [6, 6.07) is 8.15. The number of carbonyl (C=O) groups excluding carboxylic acids is 1. The van der Waals surface area contributed by atoms with E-state index in [1.165, 1.54) is 10.5 Å². The number of thioether (sulfide) groups is 1. The number of aryl methyl sites for hydroxylation is 1. The number of hydrogen-bond acceptors (Lipinski definition) is 3. The van der Waals surface area contributed by atoms with E-state index in [1.54, 1.807) is 11.8 Å². The Balaban J connectivity index is 2.53. The first kappa shape index (κ1) is 12.1. The van der Waals surface area contributed by atoms with E-state index in [-0.39, 0.29) is 5.97 Å². The van der Waals surface area contributed by atoms with E-state index in [9.17, 15) is 4.79 Å². The highest BCUT2D eigenvalue weighted by molar-refractivity contribution is 7.98. The Hall–Kier alpha value is -0.960. The van der Waals surface area contributed by atoms with E-state index in [1.807, 2.05) is 25.3 Å². The van der Waals surface area contributed by atoms with Gasteiger partial charge in [0.25, 0.3) is 0 Å². The smallest absolute Gasteiger partial charge is 0.306 e. The summed E-state index contributed by atoms with van der Waals surface area (Å²) in [5.74, 6) is -0.117. The fourth-order valence-electron chi connectivity index (χ4n) is 1.38. The number of carbonyl (C=O) groups is 1. The van der Waals surface area contributed by atoms with Gasteiger partial charge in [-0.05, 0) is 31.2 Å². The van der Waals surface area contributed by atoms with E-state index in [0.29, 0.717) is 13.0 Å². The van der Waals surface area contributed by atoms with Gasteiger partial charge >= 0.3 is 5.97 Å². The lowest BCUT2D eigenvalue weighted by Crippen LogP contribution is -2.05. The molecule has 3 heteroatoms.